The second-order valence-electron chi connectivity index (χ2n) is 4.66. The van der Waals surface area contributed by atoms with E-state index in [-0.39, 0.29) is 0 Å². The van der Waals surface area contributed by atoms with Gasteiger partial charge in [-0.2, -0.15) is 0 Å². The Hall–Kier alpha value is -1.25. The molecule has 2 heterocycles. The Morgan fingerprint density at radius 3 is 3.12 bits per heavy atom. The molecule has 1 fully saturated rings. The van der Waals surface area contributed by atoms with Gasteiger partial charge in [0.1, 0.15) is 0 Å². The summed E-state index contributed by atoms with van der Waals surface area (Å²) >= 11 is 0. The zero-order valence-corrected chi connectivity index (χ0v) is 10.2. The minimum Gasteiger partial charge on any atom is -0.384 e. The normalized spacial score (nSPS) is 20.9. The molecule has 3 heteroatoms. The fourth-order valence-corrected chi connectivity index (χ4v) is 2.33. The molecular weight excluding hydrogens is 198 g/mol. The van der Waals surface area contributed by atoms with Crippen LogP contribution in [0, 0.1) is 5.92 Å². The smallest absolute Gasteiger partial charge is 0.0573 e. The number of hydrogen-bond donors (Lipinski definition) is 1. The molecule has 1 aliphatic rings. The molecule has 3 nitrogen and oxygen atoms in total. The zero-order chi connectivity index (χ0) is 11.4. The molecule has 0 bridgehead atoms. The van der Waals surface area contributed by atoms with Crippen LogP contribution in [0.4, 0.5) is 11.4 Å². The van der Waals surface area contributed by atoms with Gasteiger partial charge in [-0.1, -0.05) is 6.92 Å². The van der Waals surface area contributed by atoms with Crippen molar-refractivity contribution in [2.75, 3.05) is 29.9 Å². The molecule has 0 aromatic carbocycles. The Labute approximate surface area is 97.9 Å². The van der Waals surface area contributed by atoms with Crippen molar-refractivity contribution in [1.82, 2.24) is 4.98 Å². The first kappa shape index (κ1) is 11.2. The summed E-state index contributed by atoms with van der Waals surface area (Å²) in [5.41, 5.74) is 2.38. The van der Waals surface area contributed by atoms with Gasteiger partial charge in [0.15, 0.2) is 0 Å². The fraction of sp³-hybridized carbons (Fsp3) is 0.615. The number of piperidine rings is 1. The van der Waals surface area contributed by atoms with Crippen LogP contribution in [0.3, 0.4) is 0 Å². The van der Waals surface area contributed by atoms with Crippen LogP contribution in [0.15, 0.2) is 18.5 Å². The highest BCUT2D eigenvalue weighted by Crippen LogP contribution is 2.24. The fourth-order valence-electron chi connectivity index (χ4n) is 2.33. The van der Waals surface area contributed by atoms with E-state index in [1.54, 1.807) is 0 Å². The van der Waals surface area contributed by atoms with Crippen molar-refractivity contribution in [3.63, 3.8) is 0 Å². The average Bonchev–Trinajstić information content (AvgIpc) is 2.30. The van der Waals surface area contributed by atoms with E-state index in [1.807, 2.05) is 12.4 Å². The first-order valence-corrected chi connectivity index (χ1v) is 6.23. The van der Waals surface area contributed by atoms with E-state index < -0.39 is 0 Å². The van der Waals surface area contributed by atoms with E-state index in [0.717, 1.165) is 24.7 Å². The zero-order valence-electron chi connectivity index (χ0n) is 10.2. The Bertz CT molecular complexity index is 338. The molecule has 1 atom stereocenters. The van der Waals surface area contributed by atoms with Gasteiger partial charge in [-0.05, 0) is 31.7 Å². The van der Waals surface area contributed by atoms with Crippen LogP contribution in [-0.2, 0) is 0 Å². The SMILES string of the molecule is CCNc1cncc(N2CCCC(C)C2)c1. The molecule has 1 N–H and O–H groups in total. The predicted molar refractivity (Wildman–Crippen MR) is 69.0 cm³/mol. The van der Waals surface area contributed by atoms with Crippen LogP contribution in [-0.4, -0.2) is 24.6 Å². The molecule has 1 unspecified atom stereocenters. The summed E-state index contributed by atoms with van der Waals surface area (Å²) in [5.74, 6) is 0.802. The third-order valence-corrected chi connectivity index (χ3v) is 3.13. The molecule has 2 rings (SSSR count). The molecule has 0 amide bonds. The Morgan fingerprint density at radius 2 is 2.38 bits per heavy atom. The number of rotatable bonds is 3. The molecule has 0 aliphatic carbocycles. The minimum absolute atomic E-state index is 0.802. The predicted octanol–water partition coefficient (Wildman–Crippen LogP) is 2.75. The molecule has 1 aromatic rings. The first-order chi connectivity index (χ1) is 7.79. The van der Waals surface area contributed by atoms with Crippen molar-refractivity contribution in [1.29, 1.82) is 0 Å². The molecule has 0 saturated carbocycles. The van der Waals surface area contributed by atoms with E-state index >= 15 is 0 Å². The summed E-state index contributed by atoms with van der Waals surface area (Å²) in [6.45, 7) is 7.71. The minimum atomic E-state index is 0.802. The molecule has 1 aliphatic heterocycles. The number of nitrogens with zero attached hydrogens (tertiary/aromatic N) is 2. The summed E-state index contributed by atoms with van der Waals surface area (Å²) in [7, 11) is 0. The van der Waals surface area contributed by atoms with Gasteiger partial charge in [-0.3, -0.25) is 4.98 Å². The standard InChI is InChI=1S/C13H21N3/c1-3-15-12-7-13(9-14-8-12)16-6-4-5-11(2)10-16/h7-9,11,15H,3-6,10H2,1-2H3. The number of aromatic nitrogens is 1. The Kier molecular flexibility index (Phi) is 3.65. The molecule has 16 heavy (non-hydrogen) atoms. The van der Waals surface area contributed by atoms with Crippen LogP contribution in [0.25, 0.3) is 0 Å². The summed E-state index contributed by atoms with van der Waals surface area (Å²) in [5, 5.41) is 3.31. The highest BCUT2D eigenvalue weighted by atomic mass is 15.1. The van der Waals surface area contributed by atoms with Gasteiger partial charge >= 0.3 is 0 Å². The highest BCUT2D eigenvalue weighted by Gasteiger charge is 2.16. The summed E-state index contributed by atoms with van der Waals surface area (Å²) in [4.78, 5) is 6.75. The van der Waals surface area contributed by atoms with Crippen LogP contribution in [0.1, 0.15) is 26.7 Å². The van der Waals surface area contributed by atoms with Crippen LogP contribution in [0.5, 0.6) is 0 Å². The van der Waals surface area contributed by atoms with Gasteiger partial charge in [0.2, 0.25) is 0 Å². The number of nitrogens with one attached hydrogen (secondary N) is 1. The summed E-state index contributed by atoms with van der Waals surface area (Å²) < 4.78 is 0. The third-order valence-electron chi connectivity index (χ3n) is 3.13. The molecule has 1 saturated heterocycles. The summed E-state index contributed by atoms with van der Waals surface area (Å²) in [6, 6.07) is 2.20. The van der Waals surface area contributed by atoms with Crippen molar-refractivity contribution in [3.05, 3.63) is 18.5 Å². The first-order valence-electron chi connectivity index (χ1n) is 6.23. The third kappa shape index (κ3) is 2.65. The van der Waals surface area contributed by atoms with Crippen LogP contribution in [0.2, 0.25) is 0 Å². The van der Waals surface area contributed by atoms with Crippen molar-refractivity contribution in [2.45, 2.75) is 26.7 Å². The van der Waals surface area contributed by atoms with Crippen molar-refractivity contribution in [2.24, 2.45) is 5.92 Å². The van der Waals surface area contributed by atoms with E-state index in [2.05, 4.69) is 35.1 Å². The lowest BCUT2D eigenvalue weighted by atomic mass is 10.00. The van der Waals surface area contributed by atoms with Gasteiger partial charge in [0.25, 0.3) is 0 Å². The van der Waals surface area contributed by atoms with Gasteiger partial charge in [-0.15, -0.1) is 0 Å². The maximum atomic E-state index is 4.30. The van der Waals surface area contributed by atoms with Gasteiger partial charge in [-0.25, -0.2) is 0 Å². The summed E-state index contributed by atoms with van der Waals surface area (Å²) in [6.07, 6.45) is 6.52. The lowest BCUT2D eigenvalue weighted by Crippen LogP contribution is -2.34. The monoisotopic (exact) mass is 219 g/mol. The Balaban J connectivity index is 2.09. The second kappa shape index (κ2) is 5.19. The number of anilines is 2. The number of pyridine rings is 1. The molecule has 1 aromatic heterocycles. The molecule has 0 radical (unpaired) electrons. The van der Waals surface area contributed by atoms with Crippen LogP contribution >= 0.6 is 0 Å². The lowest BCUT2D eigenvalue weighted by Gasteiger charge is -2.32. The van der Waals surface area contributed by atoms with E-state index in [9.17, 15) is 0 Å². The van der Waals surface area contributed by atoms with Gasteiger partial charge in [0, 0.05) is 19.6 Å². The molecular formula is C13H21N3. The average molecular weight is 219 g/mol. The quantitative estimate of drug-likeness (QED) is 0.847. The van der Waals surface area contributed by atoms with E-state index in [1.165, 1.54) is 25.1 Å². The van der Waals surface area contributed by atoms with Gasteiger partial charge in [0.05, 0.1) is 23.8 Å². The topological polar surface area (TPSA) is 28.2 Å². The van der Waals surface area contributed by atoms with Crippen molar-refractivity contribution in [3.8, 4) is 0 Å². The van der Waals surface area contributed by atoms with Crippen LogP contribution < -0.4 is 10.2 Å². The highest BCUT2D eigenvalue weighted by molar-refractivity contribution is 5.55. The molecule has 0 spiro atoms. The molecule has 88 valence electrons. The lowest BCUT2D eigenvalue weighted by molar-refractivity contribution is 0.446. The van der Waals surface area contributed by atoms with E-state index in [4.69, 9.17) is 0 Å². The maximum absolute atomic E-state index is 4.30. The number of hydrogen-bond acceptors (Lipinski definition) is 3. The van der Waals surface area contributed by atoms with E-state index in [0.29, 0.717) is 0 Å². The van der Waals surface area contributed by atoms with Crippen molar-refractivity contribution < 1.29 is 0 Å². The van der Waals surface area contributed by atoms with Crippen molar-refractivity contribution >= 4 is 11.4 Å². The maximum Gasteiger partial charge on any atom is 0.0573 e. The largest absolute Gasteiger partial charge is 0.384 e. The Morgan fingerprint density at radius 1 is 1.50 bits per heavy atom. The second-order valence-corrected chi connectivity index (χ2v) is 4.66. The van der Waals surface area contributed by atoms with Gasteiger partial charge < -0.3 is 10.2 Å².